The second-order valence-electron chi connectivity index (χ2n) is 7.18. The van der Waals surface area contributed by atoms with Gasteiger partial charge in [0, 0.05) is 43.6 Å². The molecule has 0 spiro atoms. The Kier molecular flexibility index (Phi) is 4.51. The molecule has 1 atom stereocenters. The largest absolute Gasteiger partial charge is 0.342 e. The van der Waals surface area contributed by atoms with Crippen LogP contribution in [-0.4, -0.2) is 59.4 Å². The molecule has 1 aromatic carbocycles. The van der Waals surface area contributed by atoms with Crippen molar-refractivity contribution in [2.45, 2.75) is 26.3 Å². The fraction of sp³-hybridized carbons (Fsp3) is 0.400. The molecular weight excluding hydrogens is 342 g/mol. The molecule has 1 unspecified atom stereocenters. The summed E-state index contributed by atoms with van der Waals surface area (Å²) in [5.74, 6) is 0.467. The van der Waals surface area contributed by atoms with E-state index in [0.717, 1.165) is 24.2 Å². The summed E-state index contributed by atoms with van der Waals surface area (Å²) in [6, 6.07) is 9.88. The first-order chi connectivity index (χ1) is 13.1. The summed E-state index contributed by atoms with van der Waals surface area (Å²) in [5.41, 5.74) is 3.34. The molecule has 1 fully saturated rings. The minimum Gasteiger partial charge on any atom is -0.342 e. The van der Waals surface area contributed by atoms with Crippen molar-refractivity contribution in [3.63, 3.8) is 0 Å². The maximum Gasteiger partial charge on any atom is 0.277 e. The molecule has 1 saturated heterocycles. The molecule has 4 rings (SSSR count). The second kappa shape index (κ2) is 6.98. The minimum absolute atomic E-state index is 0.0919. The lowest BCUT2D eigenvalue weighted by Crippen LogP contribution is -2.46. The summed E-state index contributed by atoms with van der Waals surface area (Å²) in [6.07, 6.45) is 1.72. The average Bonchev–Trinajstić information content (AvgIpc) is 3.02. The zero-order chi connectivity index (χ0) is 19.0. The quantitative estimate of drug-likeness (QED) is 0.774. The first-order valence-corrected chi connectivity index (χ1v) is 9.28. The molecule has 27 heavy (non-hydrogen) atoms. The molecule has 2 aliphatic heterocycles. The number of para-hydroxylation sites is 1. The van der Waals surface area contributed by atoms with Crippen molar-refractivity contribution in [2.75, 3.05) is 36.0 Å². The topological polar surface area (TPSA) is 69.6 Å². The Balaban J connectivity index is 1.62. The molecule has 2 amide bonds. The fourth-order valence-corrected chi connectivity index (χ4v) is 3.83. The minimum atomic E-state index is -0.0919. The van der Waals surface area contributed by atoms with Gasteiger partial charge in [-0.2, -0.15) is 0 Å². The van der Waals surface area contributed by atoms with Crippen LogP contribution in [0.15, 0.2) is 30.3 Å². The van der Waals surface area contributed by atoms with Crippen molar-refractivity contribution < 1.29 is 9.59 Å². The highest BCUT2D eigenvalue weighted by Crippen LogP contribution is 2.33. The van der Waals surface area contributed by atoms with Crippen molar-refractivity contribution in [1.82, 2.24) is 14.9 Å². The highest BCUT2D eigenvalue weighted by Gasteiger charge is 2.32. The van der Waals surface area contributed by atoms with Gasteiger partial charge in [0.2, 0.25) is 12.4 Å². The number of anilines is 2. The van der Waals surface area contributed by atoms with Crippen molar-refractivity contribution in [3.8, 4) is 0 Å². The van der Waals surface area contributed by atoms with Crippen LogP contribution >= 0.6 is 0 Å². The van der Waals surface area contributed by atoms with E-state index in [-0.39, 0.29) is 11.9 Å². The van der Waals surface area contributed by atoms with Crippen LogP contribution in [0.2, 0.25) is 0 Å². The van der Waals surface area contributed by atoms with Gasteiger partial charge in [-0.15, -0.1) is 0 Å². The number of aryl methyl sites for hydroxylation is 1. The smallest absolute Gasteiger partial charge is 0.277 e. The van der Waals surface area contributed by atoms with Crippen LogP contribution in [0, 0.1) is 6.92 Å². The zero-order valence-electron chi connectivity index (χ0n) is 15.6. The number of aromatic nitrogens is 2. The first-order valence-electron chi connectivity index (χ1n) is 9.28. The number of carbonyl (C=O) groups excluding carboxylic acids is 2. The lowest BCUT2D eigenvalue weighted by Gasteiger charge is -2.32. The van der Waals surface area contributed by atoms with Gasteiger partial charge in [-0.05, 0) is 38.0 Å². The van der Waals surface area contributed by atoms with E-state index in [1.807, 2.05) is 34.9 Å². The third kappa shape index (κ3) is 3.25. The molecule has 0 N–H and O–H groups in total. The molecule has 0 aliphatic carbocycles. The molecular formula is C20H23N5O2. The van der Waals surface area contributed by atoms with Crippen LogP contribution in [0.25, 0.3) is 0 Å². The number of nitrogens with zero attached hydrogens (tertiary/aromatic N) is 5. The maximum absolute atomic E-state index is 13.3. The molecule has 140 valence electrons. The second-order valence-corrected chi connectivity index (χ2v) is 7.18. The van der Waals surface area contributed by atoms with E-state index < -0.39 is 0 Å². The number of hydrogen-bond donors (Lipinski definition) is 0. The summed E-state index contributed by atoms with van der Waals surface area (Å²) in [4.78, 5) is 38.9. The summed E-state index contributed by atoms with van der Waals surface area (Å²) in [6.45, 7) is 6.55. The zero-order valence-corrected chi connectivity index (χ0v) is 15.6. The van der Waals surface area contributed by atoms with E-state index in [9.17, 15) is 9.59 Å². The average molecular weight is 365 g/mol. The summed E-state index contributed by atoms with van der Waals surface area (Å²) < 4.78 is 0. The van der Waals surface area contributed by atoms with Gasteiger partial charge in [0.15, 0.2) is 0 Å². The number of carbonyl (C=O) groups is 2. The van der Waals surface area contributed by atoms with E-state index in [1.54, 1.807) is 11.0 Å². The number of rotatable bonds is 3. The molecule has 3 heterocycles. The third-order valence-corrected chi connectivity index (χ3v) is 5.23. The molecule has 7 heteroatoms. The number of hydrogen-bond acceptors (Lipinski definition) is 5. The van der Waals surface area contributed by atoms with E-state index in [2.05, 4.69) is 23.0 Å². The SMILES string of the molecule is Cc1cc(C(=O)N2c3ccccc3CC2C)nc(N2CCN(C=O)CC2)n1. The van der Waals surface area contributed by atoms with E-state index in [1.165, 1.54) is 5.56 Å². The van der Waals surface area contributed by atoms with E-state index >= 15 is 0 Å². The molecule has 0 radical (unpaired) electrons. The standard InChI is InChI=1S/C20H23N5O2/c1-14-11-17(22-20(21-14)24-9-7-23(13-26)8-10-24)19(27)25-15(2)12-16-5-3-4-6-18(16)25/h3-6,11,13,15H,7-10,12H2,1-2H3. The predicted octanol–water partition coefficient (Wildman–Crippen LogP) is 1.65. The molecule has 2 aromatic rings. The van der Waals surface area contributed by atoms with Crippen LogP contribution in [0.1, 0.15) is 28.7 Å². The van der Waals surface area contributed by atoms with Crippen molar-refractivity contribution in [2.24, 2.45) is 0 Å². The number of fused-ring (bicyclic) bond motifs is 1. The fourth-order valence-electron chi connectivity index (χ4n) is 3.83. The Labute approximate surface area is 158 Å². The number of benzene rings is 1. The van der Waals surface area contributed by atoms with Gasteiger partial charge >= 0.3 is 0 Å². The third-order valence-electron chi connectivity index (χ3n) is 5.23. The van der Waals surface area contributed by atoms with Gasteiger partial charge < -0.3 is 14.7 Å². The molecule has 2 aliphatic rings. The maximum atomic E-state index is 13.3. The first kappa shape index (κ1) is 17.5. The number of piperazine rings is 1. The van der Waals surface area contributed by atoms with Crippen molar-refractivity contribution >= 4 is 24.0 Å². The van der Waals surface area contributed by atoms with Gasteiger partial charge in [-0.25, -0.2) is 9.97 Å². The van der Waals surface area contributed by atoms with Crippen molar-refractivity contribution in [1.29, 1.82) is 0 Å². The van der Waals surface area contributed by atoms with Gasteiger partial charge in [0.25, 0.3) is 5.91 Å². The highest BCUT2D eigenvalue weighted by atomic mass is 16.2. The van der Waals surface area contributed by atoms with Gasteiger partial charge in [0.1, 0.15) is 5.69 Å². The lowest BCUT2D eigenvalue weighted by molar-refractivity contribution is -0.118. The highest BCUT2D eigenvalue weighted by molar-refractivity contribution is 6.06. The lowest BCUT2D eigenvalue weighted by atomic mass is 10.1. The van der Waals surface area contributed by atoms with Gasteiger partial charge in [0.05, 0.1) is 0 Å². The molecule has 1 aromatic heterocycles. The summed E-state index contributed by atoms with van der Waals surface area (Å²) in [5, 5.41) is 0. The monoisotopic (exact) mass is 365 g/mol. The molecule has 7 nitrogen and oxygen atoms in total. The summed E-state index contributed by atoms with van der Waals surface area (Å²) >= 11 is 0. The Morgan fingerprint density at radius 2 is 1.89 bits per heavy atom. The molecule has 0 saturated carbocycles. The van der Waals surface area contributed by atoms with E-state index in [0.29, 0.717) is 37.8 Å². The van der Waals surface area contributed by atoms with E-state index in [4.69, 9.17) is 0 Å². The van der Waals surface area contributed by atoms with Gasteiger partial charge in [-0.3, -0.25) is 9.59 Å². The Morgan fingerprint density at radius 1 is 1.15 bits per heavy atom. The van der Waals surface area contributed by atoms with Crippen LogP contribution in [-0.2, 0) is 11.2 Å². The van der Waals surface area contributed by atoms with Crippen LogP contribution in [0.3, 0.4) is 0 Å². The van der Waals surface area contributed by atoms with Crippen LogP contribution < -0.4 is 9.80 Å². The molecule has 0 bridgehead atoms. The summed E-state index contributed by atoms with van der Waals surface area (Å²) in [7, 11) is 0. The Bertz CT molecular complexity index is 876. The Morgan fingerprint density at radius 3 is 2.63 bits per heavy atom. The van der Waals surface area contributed by atoms with Crippen LogP contribution in [0.4, 0.5) is 11.6 Å². The van der Waals surface area contributed by atoms with Crippen molar-refractivity contribution in [3.05, 3.63) is 47.3 Å². The van der Waals surface area contributed by atoms with Gasteiger partial charge in [-0.1, -0.05) is 18.2 Å². The number of amides is 2. The van der Waals surface area contributed by atoms with Crippen LogP contribution in [0.5, 0.6) is 0 Å². The Hall–Kier alpha value is -2.96. The normalized spacial score (nSPS) is 19.2. The predicted molar refractivity (Wildman–Crippen MR) is 103 cm³/mol.